The number of nitrogens with zero attached hydrogens (tertiary/aromatic N) is 2. The third kappa shape index (κ3) is 11.9. The summed E-state index contributed by atoms with van der Waals surface area (Å²) in [6, 6.07) is 1.90. The molecule has 0 unspecified atom stereocenters. The van der Waals surface area contributed by atoms with E-state index in [1.54, 1.807) is 0 Å². The molecule has 0 aromatic heterocycles. The van der Waals surface area contributed by atoms with Crippen molar-refractivity contribution >= 4 is 73.0 Å². The predicted octanol–water partition coefficient (Wildman–Crippen LogP) is -12.7. The van der Waals surface area contributed by atoms with E-state index in [0.29, 0.717) is 9.80 Å². The maximum Gasteiger partial charge on any atom is 2.00 e. The second kappa shape index (κ2) is 16.5. The maximum absolute atomic E-state index is 10.7. The number of phenolic OH excluding ortho intramolecular Hbond substituents is 2. The van der Waals surface area contributed by atoms with Gasteiger partial charge >= 0.3 is 141 Å². The number of carbonyl (C=O) groups is 4. The monoisotopic (exact) mass is 486 g/mol. The molecular weight excluding hydrogens is 474 g/mol. The Morgan fingerprint density at radius 2 is 0.862 bits per heavy atom. The van der Waals surface area contributed by atoms with E-state index in [1.807, 2.05) is 0 Å². The molecule has 0 aliphatic rings. The average Bonchev–Trinajstić information content (AvgIpc) is 2.46. The first kappa shape index (κ1) is 34.4. The minimum Gasteiger partial charge on any atom is -0.548 e. The van der Waals surface area contributed by atoms with Crippen LogP contribution in [-0.2, 0) is 19.2 Å². The van der Waals surface area contributed by atoms with Crippen LogP contribution in [-0.4, -0.2) is 98.0 Å². The van der Waals surface area contributed by atoms with Gasteiger partial charge in [-0.05, 0) is 12.1 Å². The van der Waals surface area contributed by atoms with Crippen LogP contribution >= 0.6 is 0 Å². The molecular formula is C14H12CaK2N2O10. The van der Waals surface area contributed by atoms with E-state index in [1.165, 1.54) is 0 Å². The van der Waals surface area contributed by atoms with Crippen LogP contribution in [0, 0.1) is 0 Å². The van der Waals surface area contributed by atoms with Crippen molar-refractivity contribution in [3.8, 4) is 11.5 Å². The number of aliphatic carboxylic acids is 4. The average molecular weight is 487 g/mol. The topological polar surface area (TPSA) is 207 Å². The Labute approximate surface area is 279 Å². The minimum absolute atomic E-state index is 0. The Bertz CT molecular complexity index is 656. The van der Waals surface area contributed by atoms with E-state index in [-0.39, 0.29) is 141 Å². The second-order valence-corrected chi connectivity index (χ2v) is 5.00. The summed E-state index contributed by atoms with van der Waals surface area (Å²) >= 11 is 0. The van der Waals surface area contributed by atoms with Gasteiger partial charge in [-0.2, -0.15) is 0 Å². The van der Waals surface area contributed by atoms with Crippen LogP contribution in [0.3, 0.4) is 0 Å². The molecule has 1 aromatic rings. The van der Waals surface area contributed by atoms with Crippen LogP contribution < -0.4 is 133 Å². The van der Waals surface area contributed by atoms with Crippen molar-refractivity contribution < 1.29 is 153 Å². The fourth-order valence-electron chi connectivity index (χ4n) is 2.14. The molecule has 12 nitrogen and oxygen atoms in total. The van der Waals surface area contributed by atoms with Crippen molar-refractivity contribution in [2.45, 2.75) is 0 Å². The van der Waals surface area contributed by atoms with E-state index in [9.17, 15) is 49.8 Å². The van der Waals surface area contributed by atoms with Gasteiger partial charge < -0.3 is 59.6 Å². The number of benzene rings is 1. The number of hydrogen-bond acceptors (Lipinski definition) is 12. The molecule has 1 rings (SSSR count). The molecule has 0 atom stereocenters. The summed E-state index contributed by atoms with van der Waals surface area (Å²) in [5.74, 6) is -8.78. The Kier molecular flexibility index (Phi) is 19.6. The summed E-state index contributed by atoms with van der Waals surface area (Å²) in [7, 11) is 0. The molecule has 0 bridgehead atoms. The minimum atomic E-state index is -1.69. The zero-order valence-electron chi connectivity index (χ0n) is 15.7. The Morgan fingerprint density at radius 1 is 0.655 bits per heavy atom. The third-order valence-corrected chi connectivity index (χ3v) is 3.07. The van der Waals surface area contributed by atoms with Gasteiger partial charge in [-0.25, -0.2) is 0 Å². The molecule has 29 heavy (non-hydrogen) atoms. The van der Waals surface area contributed by atoms with Gasteiger partial charge in [0, 0.05) is 0 Å². The summed E-state index contributed by atoms with van der Waals surface area (Å²) in [5, 5.41) is 62.9. The fraction of sp³-hybridized carbons (Fsp3) is 0.286. The van der Waals surface area contributed by atoms with Crippen molar-refractivity contribution in [3.63, 3.8) is 0 Å². The molecule has 2 N–H and O–H groups in total. The first-order valence-corrected chi connectivity index (χ1v) is 6.87. The number of hydrogen-bond donors (Lipinski definition) is 2. The number of carboxylic acid groups (broad SMARTS) is 4. The van der Waals surface area contributed by atoms with Crippen molar-refractivity contribution in [2.75, 3.05) is 36.0 Å². The molecule has 0 saturated carbocycles. The molecule has 0 spiro atoms. The van der Waals surface area contributed by atoms with Crippen molar-refractivity contribution in [1.82, 2.24) is 0 Å². The van der Waals surface area contributed by atoms with Gasteiger partial charge in [-0.15, -0.1) is 0 Å². The normalized spacial score (nSPS) is 9.10. The number of carbonyl (C=O) groups excluding carboxylic acids is 4. The van der Waals surface area contributed by atoms with Crippen LogP contribution in [0.1, 0.15) is 0 Å². The zero-order chi connectivity index (χ0) is 20.0. The molecule has 0 fully saturated rings. The fourth-order valence-corrected chi connectivity index (χ4v) is 2.14. The van der Waals surface area contributed by atoms with E-state index >= 15 is 0 Å². The van der Waals surface area contributed by atoms with Gasteiger partial charge in [-0.1, -0.05) is 0 Å². The maximum atomic E-state index is 10.7. The van der Waals surface area contributed by atoms with Crippen LogP contribution in [0.15, 0.2) is 12.1 Å². The summed E-state index contributed by atoms with van der Waals surface area (Å²) in [5.41, 5.74) is -0.886. The van der Waals surface area contributed by atoms with E-state index in [2.05, 4.69) is 0 Å². The summed E-state index contributed by atoms with van der Waals surface area (Å²) in [6.45, 7) is -3.88. The zero-order valence-corrected chi connectivity index (χ0v) is 24.2. The van der Waals surface area contributed by atoms with Crippen LogP contribution in [0.5, 0.6) is 11.5 Å². The van der Waals surface area contributed by atoms with Crippen LogP contribution in [0.25, 0.3) is 0 Å². The molecule has 142 valence electrons. The number of carboxylic acids is 4. The molecule has 1 aromatic carbocycles. The third-order valence-electron chi connectivity index (χ3n) is 3.07. The smallest absolute Gasteiger partial charge is 0.548 e. The summed E-state index contributed by atoms with van der Waals surface area (Å²) in [6.07, 6.45) is 0. The first-order chi connectivity index (χ1) is 12.0. The molecule has 0 aliphatic heterocycles. The predicted molar refractivity (Wildman–Crippen MR) is 80.0 cm³/mol. The summed E-state index contributed by atoms with van der Waals surface area (Å²) < 4.78 is 0. The quantitative estimate of drug-likeness (QED) is 0.233. The van der Waals surface area contributed by atoms with Gasteiger partial charge in [0.25, 0.3) is 0 Å². The van der Waals surface area contributed by atoms with Crippen molar-refractivity contribution in [2.24, 2.45) is 0 Å². The van der Waals surface area contributed by atoms with Gasteiger partial charge in [0.15, 0.2) is 11.5 Å². The summed E-state index contributed by atoms with van der Waals surface area (Å²) in [4.78, 5) is 44.1. The molecule has 0 saturated heterocycles. The number of aromatic hydroxyl groups is 2. The molecule has 0 heterocycles. The van der Waals surface area contributed by atoms with Crippen molar-refractivity contribution in [3.05, 3.63) is 12.1 Å². The van der Waals surface area contributed by atoms with E-state index in [4.69, 9.17) is 0 Å². The van der Waals surface area contributed by atoms with Gasteiger partial charge in [0.05, 0.1) is 61.4 Å². The van der Waals surface area contributed by atoms with Crippen molar-refractivity contribution in [1.29, 1.82) is 0 Å². The molecule has 15 heteroatoms. The second-order valence-electron chi connectivity index (χ2n) is 5.00. The molecule has 0 aliphatic carbocycles. The first-order valence-electron chi connectivity index (χ1n) is 6.87. The Hall–Kier alpha value is 0.832. The van der Waals surface area contributed by atoms with Crippen LogP contribution in [0.4, 0.5) is 11.4 Å². The van der Waals surface area contributed by atoms with Gasteiger partial charge in [0.1, 0.15) is 0 Å². The SMILES string of the molecule is O=C([O-])CN(CC(=O)[O-])c1ccc(N(CC(=O)[O-])CC(=O)[O-])c(O)c1O.[Ca+2].[K+].[K+]. The number of anilines is 2. The van der Waals surface area contributed by atoms with E-state index in [0.717, 1.165) is 12.1 Å². The van der Waals surface area contributed by atoms with E-state index < -0.39 is 72.9 Å². The van der Waals surface area contributed by atoms with Gasteiger partial charge in [-0.3, -0.25) is 0 Å². The van der Waals surface area contributed by atoms with Gasteiger partial charge in [0.2, 0.25) is 0 Å². The number of phenols is 2. The molecule has 0 amide bonds. The largest absolute Gasteiger partial charge is 2.00 e. The van der Waals surface area contributed by atoms with Crippen LogP contribution in [0.2, 0.25) is 0 Å². The Morgan fingerprint density at radius 3 is 1.03 bits per heavy atom. The Balaban J connectivity index is -0.00000225. The number of rotatable bonds is 10. The standard InChI is InChI=1S/C14H16N2O10.Ca.2K/c17-9(18)3-15(4-10(19)20)7-1-2-8(14(26)13(7)25)16(5-11(21)22)6-12(23)24;;;/h1-2,25-26H,3-6H2,(H,17,18)(H,19,20)(H,21,22)(H,23,24);;;/q;+2;2*+1/p-4. The molecule has 0 radical (unpaired) electrons.